The summed E-state index contributed by atoms with van der Waals surface area (Å²) in [7, 11) is 1.54. The summed E-state index contributed by atoms with van der Waals surface area (Å²) in [5.74, 6) is -0.263. The van der Waals surface area contributed by atoms with Gasteiger partial charge in [0.05, 0.1) is 18.2 Å². The zero-order chi connectivity index (χ0) is 13.5. The Balaban J connectivity index is 2.62. The number of nitrogens with one attached hydrogen (secondary N) is 1. The van der Waals surface area contributed by atoms with Crippen molar-refractivity contribution in [3.05, 3.63) is 28.8 Å². The van der Waals surface area contributed by atoms with Crippen LogP contribution in [0.4, 0.5) is 0 Å². The van der Waals surface area contributed by atoms with Crippen molar-refractivity contribution in [1.82, 2.24) is 5.32 Å². The Morgan fingerprint density at radius 1 is 1.61 bits per heavy atom. The van der Waals surface area contributed by atoms with Crippen LogP contribution in [0.1, 0.15) is 18.9 Å². The number of amides is 1. The number of nitrogens with zero attached hydrogens (tertiary/aromatic N) is 1. The van der Waals surface area contributed by atoms with E-state index in [0.717, 1.165) is 5.56 Å². The molecule has 1 unspecified atom stereocenters. The van der Waals surface area contributed by atoms with Crippen LogP contribution in [0, 0.1) is 17.2 Å². The van der Waals surface area contributed by atoms with Gasteiger partial charge in [-0.05, 0) is 24.1 Å². The molecule has 4 nitrogen and oxygen atoms in total. The summed E-state index contributed by atoms with van der Waals surface area (Å²) in [5.41, 5.74) is 0.863. The summed E-state index contributed by atoms with van der Waals surface area (Å²) in [6, 6.07) is 7.25. The highest BCUT2D eigenvalue weighted by atomic mass is 35.5. The molecule has 0 fully saturated rings. The third-order valence-corrected chi connectivity index (χ3v) is 2.86. The van der Waals surface area contributed by atoms with Crippen LogP contribution in [-0.4, -0.2) is 13.0 Å². The molecule has 0 aliphatic carbocycles. The predicted octanol–water partition coefficient (Wildman–Crippen LogP) is 2.51. The van der Waals surface area contributed by atoms with E-state index in [1.807, 2.05) is 12.1 Å². The van der Waals surface area contributed by atoms with Gasteiger partial charge in [0.25, 0.3) is 0 Å². The lowest BCUT2D eigenvalue weighted by atomic mass is 10.1. The number of carbonyl (C=O) groups is 1. The van der Waals surface area contributed by atoms with E-state index >= 15 is 0 Å². The Bertz CT molecular complexity index is 469. The van der Waals surface area contributed by atoms with Crippen molar-refractivity contribution in [2.24, 2.45) is 5.92 Å². The first-order chi connectivity index (χ1) is 8.62. The fourth-order valence-corrected chi connectivity index (χ4v) is 1.75. The third-order valence-electron chi connectivity index (χ3n) is 2.56. The van der Waals surface area contributed by atoms with Crippen LogP contribution in [0.15, 0.2) is 18.2 Å². The first kappa shape index (κ1) is 14.3. The maximum Gasteiger partial charge on any atom is 0.237 e. The number of hydrogen-bond donors (Lipinski definition) is 1. The molecular weight excluding hydrogens is 252 g/mol. The molecule has 1 aromatic carbocycles. The maximum absolute atomic E-state index is 11.6. The van der Waals surface area contributed by atoms with E-state index in [0.29, 0.717) is 23.7 Å². The number of nitriles is 1. The highest BCUT2D eigenvalue weighted by Crippen LogP contribution is 2.24. The van der Waals surface area contributed by atoms with Crippen LogP contribution in [0.25, 0.3) is 0 Å². The van der Waals surface area contributed by atoms with Crippen molar-refractivity contribution in [2.75, 3.05) is 7.11 Å². The highest BCUT2D eigenvalue weighted by molar-refractivity contribution is 6.32. The summed E-state index contributed by atoms with van der Waals surface area (Å²) in [5, 5.41) is 12.0. The molecule has 96 valence electrons. The number of ether oxygens (including phenoxy) is 1. The van der Waals surface area contributed by atoms with Gasteiger partial charge in [0.2, 0.25) is 5.91 Å². The summed E-state index contributed by atoms with van der Waals surface area (Å²) < 4.78 is 5.04. The fraction of sp³-hybridized carbons (Fsp3) is 0.385. The van der Waals surface area contributed by atoms with Crippen LogP contribution in [0.3, 0.4) is 0 Å². The van der Waals surface area contributed by atoms with Crippen molar-refractivity contribution in [1.29, 1.82) is 5.26 Å². The Labute approximate surface area is 112 Å². The molecule has 18 heavy (non-hydrogen) atoms. The van der Waals surface area contributed by atoms with Gasteiger partial charge in [0.1, 0.15) is 11.7 Å². The average molecular weight is 267 g/mol. The molecule has 0 saturated carbocycles. The minimum Gasteiger partial charge on any atom is -0.495 e. The molecule has 0 spiro atoms. The Hall–Kier alpha value is -1.73. The van der Waals surface area contributed by atoms with Gasteiger partial charge in [0, 0.05) is 6.54 Å². The number of halogens is 1. The van der Waals surface area contributed by atoms with Gasteiger partial charge in [-0.15, -0.1) is 0 Å². The van der Waals surface area contributed by atoms with E-state index < -0.39 is 5.92 Å². The van der Waals surface area contributed by atoms with E-state index in [2.05, 4.69) is 5.32 Å². The number of benzene rings is 1. The van der Waals surface area contributed by atoms with E-state index in [1.54, 1.807) is 26.2 Å². The van der Waals surface area contributed by atoms with Crippen LogP contribution in [-0.2, 0) is 11.3 Å². The molecule has 1 atom stereocenters. The Morgan fingerprint density at radius 3 is 2.83 bits per heavy atom. The lowest BCUT2D eigenvalue weighted by Gasteiger charge is -2.09. The molecule has 0 bridgehead atoms. The average Bonchev–Trinajstić information content (AvgIpc) is 2.38. The zero-order valence-electron chi connectivity index (χ0n) is 10.4. The molecular formula is C13H15ClN2O2. The van der Waals surface area contributed by atoms with Crippen molar-refractivity contribution in [3.8, 4) is 11.8 Å². The summed E-state index contributed by atoms with van der Waals surface area (Å²) in [4.78, 5) is 11.6. The molecule has 1 N–H and O–H groups in total. The second kappa shape index (κ2) is 6.87. The molecule has 0 aliphatic rings. The van der Waals surface area contributed by atoms with Gasteiger partial charge in [-0.2, -0.15) is 5.26 Å². The normalized spacial score (nSPS) is 11.4. The van der Waals surface area contributed by atoms with Gasteiger partial charge < -0.3 is 10.1 Å². The van der Waals surface area contributed by atoms with Crippen LogP contribution < -0.4 is 10.1 Å². The van der Waals surface area contributed by atoms with E-state index in [4.69, 9.17) is 21.6 Å². The topological polar surface area (TPSA) is 62.1 Å². The van der Waals surface area contributed by atoms with Crippen LogP contribution in [0.2, 0.25) is 5.02 Å². The lowest BCUT2D eigenvalue weighted by Crippen LogP contribution is -2.29. The van der Waals surface area contributed by atoms with Gasteiger partial charge >= 0.3 is 0 Å². The molecule has 1 aromatic rings. The second-order valence-electron chi connectivity index (χ2n) is 3.78. The SMILES string of the molecule is CCC(C#N)C(=O)NCc1ccc(OC)c(Cl)c1. The maximum atomic E-state index is 11.6. The van der Waals surface area contributed by atoms with E-state index in [1.165, 1.54) is 0 Å². The Morgan fingerprint density at radius 2 is 2.33 bits per heavy atom. The first-order valence-corrected chi connectivity index (χ1v) is 5.99. The van der Waals surface area contributed by atoms with Gasteiger partial charge in [0.15, 0.2) is 0 Å². The quantitative estimate of drug-likeness (QED) is 0.891. The molecule has 0 aromatic heterocycles. The summed E-state index contributed by atoms with van der Waals surface area (Å²) in [6.45, 7) is 2.15. The summed E-state index contributed by atoms with van der Waals surface area (Å²) >= 11 is 5.97. The van der Waals surface area contributed by atoms with Crippen LogP contribution in [0.5, 0.6) is 5.75 Å². The van der Waals surface area contributed by atoms with Crippen molar-refractivity contribution < 1.29 is 9.53 Å². The number of methoxy groups -OCH3 is 1. The minimum absolute atomic E-state index is 0.257. The standard InChI is InChI=1S/C13H15ClN2O2/c1-3-10(7-15)13(17)16-8-9-4-5-12(18-2)11(14)6-9/h4-6,10H,3,8H2,1-2H3,(H,16,17). The minimum atomic E-state index is -0.598. The number of carbonyl (C=O) groups excluding carboxylic acids is 1. The summed E-state index contributed by atoms with van der Waals surface area (Å²) in [6.07, 6.45) is 0.506. The van der Waals surface area contributed by atoms with E-state index in [9.17, 15) is 4.79 Å². The monoisotopic (exact) mass is 266 g/mol. The van der Waals surface area contributed by atoms with E-state index in [-0.39, 0.29) is 5.91 Å². The largest absolute Gasteiger partial charge is 0.495 e. The molecule has 1 amide bonds. The van der Waals surface area contributed by atoms with Gasteiger partial charge in [-0.3, -0.25) is 4.79 Å². The first-order valence-electron chi connectivity index (χ1n) is 5.62. The molecule has 0 saturated heterocycles. The van der Waals surface area contributed by atoms with Gasteiger partial charge in [-0.1, -0.05) is 24.6 Å². The van der Waals surface area contributed by atoms with Crippen molar-refractivity contribution in [2.45, 2.75) is 19.9 Å². The highest BCUT2D eigenvalue weighted by Gasteiger charge is 2.14. The Kier molecular flexibility index (Phi) is 5.47. The number of hydrogen-bond acceptors (Lipinski definition) is 3. The molecule has 1 rings (SSSR count). The zero-order valence-corrected chi connectivity index (χ0v) is 11.1. The number of rotatable bonds is 5. The second-order valence-corrected chi connectivity index (χ2v) is 4.18. The molecule has 0 aliphatic heterocycles. The van der Waals surface area contributed by atoms with Gasteiger partial charge in [-0.25, -0.2) is 0 Å². The molecule has 0 radical (unpaired) electrons. The predicted molar refractivity (Wildman–Crippen MR) is 69.2 cm³/mol. The van der Waals surface area contributed by atoms with Crippen molar-refractivity contribution in [3.63, 3.8) is 0 Å². The van der Waals surface area contributed by atoms with Crippen LogP contribution >= 0.6 is 11.6 Å². The molecule has 0 heterocycles. The van der Waals surface area contributed by atoms with Crippen molar-refractivity contribution >= 4 is 17.5 Å². The fourth-order valence-electron chi connectivity index (χ4n) is 1.47. The lowest BCUT2D eigenvalue weighted by molar-refractivity contribution is -0.123. The molecule has 5 heteroatoms. The third kappa shape index (κ3) is 3.64. The smallest absolute Gasteiger partial charge is 0.237 e.